The Kier molecular flexibility index (Phi) is 4.01. The number of fused-ring (bicyclic) bond motifs is 3. The maximum Gasteiger partial charge on any atom is 0.488 e. The standard InChI is InChI=1S/C18H20B2O4/c21-19(22)12-5-7-14-15-8-6-13(20(23)24)10-17(15)18(16(14)9-12)11-3-1-2-4-11/h5-11,18,21-24H,1-4H2. The Balaban J connectivity index is 1.88. The van der Waals surface area contributed by atoms with Crippen molar-refractivity contribution in [2.75, 3.05) is 0 Å². The van der Waals surface area contributed by atoms with Crippen molar-refractivity contribution in [1.82, 2.24) is 0 Å². The van der Waals surface area contributed by atoms with Crippen LogP contribution in [0.5, 0.6) is 0 Å². The van der Waals surface area contributed by atoms with Crippen LogP contribution in [0.15, 0.2) is 36.4 Å². The first-order chi connectivity index (χ1) is 11.6. The second-order valence-electron chi connectivity index (χ2n) is 6.96. The molecule has 0 saturated heterocycles. The second kappa shape index (κ2) is 6.05. The zero-order valence-electron chi connectivity index (χ0n) is 13.4. The van der Waals surface area contributed by atoms with Crippen LogP contribution in [0.3, 0.4) is 0 Å². The van der Waals surface area contributed by atoms with Gasteiger partial charge in [0, 0.05) is 5.92 Å². The molecule has 0 amide bonds. The Hall–Kier alpha value is -1.59. The average molecular weight is 322 g/mol. The Morgan fingerprint density at radius 3 is 1.58 bits per heavy atom. The van der Waals surface area contributed by atoms with Gasteiger partial charge in [-0.25, -0.2) is 0 Å². The van der Waals surface area contributed by atoms with Crippen molar-refractivity contribution in [3.8, 4) is 11.1 Å². The molecule has 4 nitrogen and oxygen atoms in total. The number of benzene rings is 2. The molecule has 0 aromatic heterocycles. The van der Waals surface area contributed by atoms with Gasteiger partial charge in [0.25, 0.3) is 0 Å². The van der Waals surface area contributed by atoms with Gasteiger partial charge >= 0.3 is 14.2 Å². The van der Waals surface area contributed by atoms with E-state index in [2.05, 4.69) is 0 Å². The molecule has 1 saturated carbocycles. The zero-order valence-corrected chi connectivity index (χ0v) is 13.4. The van der Waals surface area contributed by atoms with Crippen LogP contribution in [-0.2, 0) is 0 Å². The van der Waals surface area contributed by atoms with Crippen molar-refractivity contribution in [2.45, 2.75) is 31.6 Å². The van der Waals surface area contributed by atoms with Crippen LogP contribution in [0.2, 0.25) is 0 Å². The van der Waals surface area contributed by atoms with Crippen molar-refractivity contribution >= 4 is 25.2 Å². The number of rotatable bonds is 3. The van der Waals surface area contributed by atoms with Gasteiger partial charge in [0.1, 0.15) is 0 Å². The lowest BCUT2D eigenvalue weighted by atomic mass is 9.75. The van der Waals surface area contributed by atoms with E-state index in [-0.39, 0.29) is 5.92 Å². The van der Waals surface area contributed by atoms with E-state index in [0.29, 0.717) is 16.8 Å². The lowest BCUT2D eigenvalue weighted by Crippen LogP contribution is -2.30. The summed E-state index contributed by atoms with van der Waals surface area (Å²) in [6, 6.07) is 11.2. The van der Waals surface area contributed by atoms with Gasteiger partial charge in [-0.3, -0.25) is 0 Å². The van der Waals surface area contributed by atoms with Crippen molar-refractivity contribution < 1.29 is 20.1 Å². The lowest BCUT2D eigenvalue weighted by Gasteiger charge is -2.22. The molecule has 2 aliphatic rings. The van der Waals surface area contributed by atoms with Crippen LogP contribution >= 0.6 is 0 Å². The molecule has 4 N–H and O–H groups in total. The minimum atomic E-state index is -1.47. The molecule has 0 heterocycles. The molecule has 0 atom stereocenters. The fraction of sp³-hybridized carbons (Fsp3) is 0.333. The summed E-state index contributed by atoms with van der Waals surface area (Å²) in [6.07, 6.45) is 4.75. The first kappa shape index (κ1) is 15.9. The molecule has 24 heavy (non-hydrogen) atoms. The quantitative estimate of drug-likeness (QED) is 0.615. The van der Waals surface area contributed by atoms with Gasteiger partial charge in [-0.05, 0) is 51.9 Å². The van der Waals surface area contributed by atoms with Crippen LogP contribution in [0, 0.1) is 5.92 Å². The lowest BCUT2D eigenvalue weighted by molar-refractivity contribution is 0.424. The van der Waals surface area contributed by atoms with Crippen molar-refractivity contribution in [3.05, 3.63) is 47.5 Å². The first-order valence-corrected chi connectivity index (χ1v) is 8.56. The summed E-state index contributed by atoms with van der Waals surface area (Å²) in [7, 11) is -2.95. The van der Waals surface area contributed by atoms with E-state index < -0.39 is 14.2 Å². The van der Waals surface area contributed by atoms with Gasteiger partial charge in [-0.2, -0.15) is 0 Å². The molecule has 0 spiro atoms. The molecule has 0 radical (unpaired) electrons. The molecule has 0 aliphatic heterocycles. The van der Waals surface area contributed by atoms with Crippen LogP contribution < -0.4 is 10.9 Å². The van der Waals surface area contributed by atoms with Crippen molar-refractivity contribution in [3.63, 3.8) is 0 Å². The number of hydrogen-bond donors (Lipinski definition) is 4. The highest BCUT2D eigenvalue weighted by Crippen LogP contribution is 2.51. The fourth-order valence-corrected chi connectivity index (χ4v) is 4.45. The van der Waals surface area contributed by atoms with Crippen molar-refractivity contribution in [2.24, 2.45) is 5.92 Å². The second-order valence-corrected chi connectivity index (χ2v) is 6.96. The average Bonchev–Trinajstić information content (AvgIpc) is 3.18. The van der Waals surface area contributed by atoms with E-state index in [0.717, 1.165) is 35.1 Å². The van der Waals surface area contributed by atoms with E-state index in [4.69, 9.17) is 0 Å². The molecular weight excluding hydrogens is 302 g/mol. The highest BCUT2D eigenvalue weighted by molar-refractivity contribution is 6.59. The van der Waals surface area contributed by atoms with Gasteiger partial charge in [0.05, 0.1) is 0 Å². The third-order valence-corrected chi connectivity index (χ3v) is 5.58. The summed E-state index contributed by atoms with van der Waals surface area (Å²) in [5.74, 6) is 0.706. The molecule has 6 heteroatoms. The van der Waals surface area contributed by atoms with E-state index in [1.165, 1.54) is 12.8 Å². The fourth-order valence-electron chi connectivity index (χ4n) is 4.45. The molecule has 0 bridgehead atoms. The third-order valence-electron chi connectivity index (χ3n) is 5.58. The Morgan fingerprint density at radius 1 is 0.708 bits per heavy atom. The molecule has 4 rings (SSSR count). The summed E-state index contributed by atoms with van der Waals surface area (Å²) >= 11 is 0. The van der Waals surface area contributed by atoms with Crippen molar-refractivity contribution in [1.29, 1.82) is 0 Å². The highest BCUT2D eigenvalue weighted by Gasteiger charge is 2.37. The molecule has 0 unspecified atom stereocenters. The minimum absolute atomic E-state index is 0.190. The smallest absolute Gasteiger partial charge is 0.423 e. The largest absolute Gasteiger partial charge is 0.488 e. The van der Waals surface area contributed by atoms with Gasteiger partial charge in [-0.15, -0.1) is 0 Å². The van der Waals surface area contributed by atoms with Crippen LogP contribution in [-0.4, -0.2) is 34.3 Å². The normalized spacial score (nSPS) is 17.0. The van der Waals surface area contributed by atoms with Gasteiger partial charge in [-0.1, -0.05) is 49.2 Å². The van der Waals surface area contributed by atoms with Gasteiger partial charge in [0.2, 0.25) is 0 Å². The van der Waals surface area contributed by atoms with E-state index in [9.17, 15) is 20.1 Å². The Labute approximate surface area is 142 Å². The predicted octanol–water partition coefficient (Wildman–Crippen LogP) is 0.349. The molecule has 2 aromatic carbocycles. The first-order valence-electron chi connectivity index (χ1n) is 8.56. The van der Waals surface area contributed by atoms with Crippen LogP contribution in [0.1, 0.15) is 42.7 Å². The topological polar surface area (TPSA) is 80.9 Å². The van der Waals surface area contributed by atoms with Gasteiger partial charge < -0.3 is 20.1 Å². The Bertz CT molecular complexity index is 712. The molecule has 2 aromatic rings. The highest BCUT2D eigenvalue weighted by atomic mass is 16.4. The monoisotopic (exact) mass is 322 g/mol. The van der Waals surface area contributed by atoms with E-state index in [1.807, 2.05) is 24.3 Å². The molecule has 2 aliphatic carbocycles. The van der Waals surface area contributed by atoms with E-state index in [1.54, 1.807) is 12.1 Å². The minimum Gasteiger partial charge on any atom is -0.423 e. The summed E-state index contributed by atoms with van der Waals surface area (Å²) in [4.78, 5) is 0. The number of hydrogen-bond acceptors (Lipinski definition) is 4. The van der Waals surface area contributed by atoms with Crippen LogP contribution in [0.25, 0.3) is 11.1 Å². The third kappa shape index (κ3) is 2.50. The SMILES string of the molecule is OB(O)c1ccc2c(c1)C(C1CCCC1)c1cc(B(O)O)ccc1-2. The zero-order chi connectivity index (χ0) is 16.8. The molecule has 122 valence electrons. The van der Waals surface area contributed by atoms with Crippen LogP contribution in [0.4, 0.5) is 0 Å². The maximum atomic E-state index is 9.53. The van der Waals surface area contributed by atoms with Gasteiger partial charge in [0.15, 0.2) is 0 Å². The summed E-state index contributed by atoms with van der Waals surface area (Å²) in [5.41, 5.74) is 5.51. The maximum absolute atomic E-state index is 9.53. The predicted molar refractivity (Wildman–Crippen MR) is 95.3 cm³/mol. The summed E-state index contributed by atoms with van der Waals surface area (Å²) < 4.78 is 0. The summed E-state index contributed by atoms with van der Waals surface area (Å²) in [5, 5.41) is 38.1. The molecule has 1 fully saturated rings. The summed E-state index contributed by atoms with van der Waals surface area (Å²) in [6.45, 7) is 0. The van der Waals surface area contributed by atoms with E-state index >= 15 is 0 Å². The molecular formula is C18H20B2O4. The Morgan fingerprint density at radius 2 is 1.17 bits per heavy atom.